The number of hydrogen-bond acceptors (Lipinski definition) is 19. The van der Waals surface area contributed by atoms with Gasteiger partial charge in [0.15, 0.2) is 0 Å². The molecule has 10 rings (SSSR count). The van der Waals surface area contributed by atoms with Gasteiger partial charge in [0.05, 0.1) is 32.0 Å². The van der Waals surface area contributed by atoms with Crippen molar-refractivity contribution in [3.05, 3.63) is 96.3 Å². The van der Waals surface area contributed by atoms with Gasteiger partial charge in [0, 0.05) is 166 Å². The van der Waals surface area contributed by atoms with Crippen molar-refractivity contribution in [3.8, 4) is 34.8 Å². The number of ether oxygens (including phenoxy) is 8. The van der Waals surface area contributed by atoms with Crippen molar-refractivity contribution in [2.45, 2.75) is 433 Å². The summed E-state index contributed by atoms with van der Waals surface area (Å²) in [6, 6.07) is 26.9. The Labute approximate surface area is 780 Å². The van der Waals surface area contributed by atoms with Crippen LogP contribution >= 0.6 is 0 Å². The lowest BCUT2D eigenvalue weighted by molar-refractivity contribution is -0.0220. The normalized spacial score (nSPS) is 21.3. The predicted molar refractivity (Wildman–Crippen MR) is 539 cm³/mol. The fraction of sp³-hybridized carbons (Fsp3) is 0.796. The minimum Gasteiger partial charge on any atom is -0.493 e. The van der Waals surface area contributed by atoms with E-state index in [1.54, 1.807) is 6.20 Å². The summed E-state index contributed by atoms with van der Waals surface area (Å²) in [4.78, 5) is 18.8. The van der Waals surface area contributed by atoms with Crippen molar-refractivity contribution in [1.82, 2.24) is 56.2 Å². The zero-order valence-electron chi connectivity index (χ0n) is 88.9. The van der Waals surface area contributed by atoms with Gasteiger partial charge in [-0.05, 0) is 319 Å². The minimum atomic E-state index is -0.00671. The Morgan fingerprint density at radius 2 is 0.724 bits per heavy atom. The molecule has 2 aromatic heterocycles. The molecule has 2 saturated heterocycles. The van der Waals surface area contributed by atoms with E-state index in [1.807, 2.05) is 56.4 Å². The first-order chi connectivity index (χ1) is 58.3. The van der Waals surface area contributed by atoms with E-state index in [2.05, 4.69) is 342 Å². The third-order valence-corrected chi connectivity index (χ3v) is 21.8. The Hall–Kier alpha value is -4.90. The third kappa shape index (κ3) is 55.4. The second kappa shape index (κ2) is 51.5. The van der Waals surface area contributed by atoms with E-state index in [9.17, 15) is 0 Å². The van der Waals surface area contributed by atoms with E-state index in [4.69, 9.17) is 37.9 Å². The van der Waals surface area contributed by atoms with Gasteiger partial charge in [0.1, 0.15) is 47.4 Å². The highest BCUT2D eigenvalue weighted by Crippen LogP contribution is 2.35. The van der Waals surface area contributed by atoms with Gasteiger partial charge in [0.2, 0.25) is 11.8 Å². The summed E-state index contributed by atoms with van der Waals surface area (Å²) in [5.41, 5.74) is 5.22. The molecule has 0 spiro atoms. The van der Waals surface area contributed by atoms with Crippen molar-refractivity contribution < 1.29 is 37.9 Å². The van der Waals surface area contributed by atoms with Gasteiger partial charge >= 0.3 is 0 Å². The fourth-order valence-corrected chi connectivity index (χ4v) is 15.3. The smallest absolute Gasteiger partial charge is 0.217 e. The van der Waals surface area contributed by atoms with Gasteiger partial charge in [-0.2, -0.15) is 0 Å². The SMILES string of the molecule is CC.CC(C)(C)CCc1ccnc(OC2CC(NC(C)(C)C)C2)c1.CC(C)(C)COc1cccc(OC2CC(NC(C)(C)C)C2)c1.CC(C)(C)COc1ccnc(OC2CC(NC(C)(C)C)C2)c1.CC(C)(C)Cc1cccc(OC2CC(NC(C)(C)C)C2)c1.CC(C)(C)NCCCOCCN1CCN(C(C)(C)C)CC1.CC(C)(C)OCCN1CCN(C(C)(C)C)CC1. The first-order valence-corrected chi connectivity index (χ1v) is 49.3. The predicted octanol–water partition coefficient (Wildman–Crippen LogP) is 22.6. The molecule has 0 bridgehead atoms. The summed E-state index contributed by atoms with van der Waals surface area (Å²) in [6.45, 7) is 100. The molecule has 6 aliphatic rings. The lowest BCUT2D eigenvalue weighted by Gasteiger charge is -2.42. The molecule has 732 valence electrons. The molecule has 2 aromatic carbocycles. The molecule has 5 N–H and O–H groups in total. The Morgan fingerprint density at radius 3 is 1.10 bits per heavy atom. The van der Waals surface area contributed by atoms with Crippen LogP contribution in [0.15, 0.2) is 85.2 Å². The van der Waals surface area contributed by atoms with E-state index in [0.29, 0.717) is 83.5 Å². The summed E-state index contributed by atoms with van der Waals surface area (Å²) in [6.07, 6.45) is 17.9. The maximum Gasteiger partial charge on any atom is 0.217 e. The Kier molecular flexibility index (Phi) is 46.4. The molecule has 0 unspecified atom stereocenters. The van der Waals surface area contributed by atoms with Crippen LogP contribution < -0.4 is 55.0 Å². The third-order valence-electron chi connectivity index (χ3n) is 21.8. The van der Waals surface area contributed by atoms with Crippen LogP contribution in [0.1, 0.15) is 338 Å². The molecule has 4 heterocycles. The first kappa shape index (κ1) is 114. The second-order valence-electron chi connectivity index (χ2n) is 49.8. The molecule has 0 amide bonds. The van der Waals surface area contributed by atoms with E-state index in [-0.39, 0.29) is 50.2 Å². The molecule has 0 radical (unpaired) electrons. The minimum absolute atomic E-state index is 0.00671. The second-order valence-corrected chi connectivity index (χ2v) is 49.8. The summed E-state index contributed by atoms with van der Waals surface area (Å²) in [5.74, 6) is 5.08. The van der Waals surface area contributed by atoms with E-state index < -0.39 is 0 Å². The number of nitrogens with one attached hydrogen (secondary N) is 5. The van der Waals surface area contributed by atoms with E-state index in [1.165, 1.54) is 69.9 Å². The monoisotopic (exact) mass is 1780 g/mol. The van der Waals surface area contributed by atoms with Crippen LogP contribution in [0.4, 0.5) is 0 Å². The van der Waals surface area contributed by atoms with E-state index in [0.717, 1.165) is 139 Å². The number of nitrogens with zero attached hydrogens (tertiary/aromatic N) is 6. The summed E-state index contributed by atoms with van der Waals surface area (Å²) < 4.78 is 47.3. The largest absolute Gasteiger partial charge is 0.493 e. The van der Waals surface area contributed by atoms with Gasteiger partial charge < -0.3 is 64.5 Å². The van der Waals surface area contributed by atoms with Gasteiger partial charge in [-0.15, -0.1) is 0 Å². The quantitative estimate of drug-likeness (QED) is 0.0325. The number of piperazine rings is 2. The summed E-state index contributed by atoms with van der Waals surface area (Å²) >= 11 is 0. The molecular formula is C108H197N11O8. The summed E-state index contributed by atoms with van der Waals surface area (Å²) in [7, 11) is 0. The fourth-order valence-electron chi connectivity index (χ4n) is 15.3. The maximum atomic E-state index is 6.11. The first-order valence-electron chi connectivity index (χ1n) is 49.3. The highest BCUT2D eigenvalue weighted by atomic mass is 16.5. The maximum absolute atomic E-state index is 6.11. The van der Waals surface area contributed by atoms with Crippen molar-refractivity contribution in [2.24, 2.45) is 21.7 Å². The Bertz CT molecular complexity index is 3380. The van der Waals surface area contributed by atoms with Gasteiger partial charge in [-0.3, -0.25) is 19.6 Å². The van der Waals surface area contributed by atoms with Crippen molar-refractivity contribution in [1.29, 1.82) is 0 Å². The lowest BCUT2D eigenvalue weighted by atomic mass is 9.87. The van der Waals surface area contributed by atoms with E-state index >= 15 is 0 Å². The molecule has 19 heteroatoms. The van der Waals surface area contributed by atoms with Crippen LogP contribution in [-0.4, -0.2) is 228 Å². The van der Waals surface area contributed by atoms with Gasteiger partial charge in [0.25, 0.3) is 0 Å². The van der Waals surface area contributed by atoms with Crippen molar-refractivity contribution in [2.75, 3.05) is 105 Å². The highest BCUT2D eigenvalue weighted by molar-refractivity contribution is 5.34. The van der Waals surface area contributed by atoms with Gasteiger partial charge in [-0.25, -0.2) is 9.97 Å². The van der Waals surface area contributed by atoms with Crippen LogP contribution in [-0.2, 0) is 22.3 Å². The number of rotatable bonds is 29. The van der Waals surface area contributed by atoms with Crippen LogP contribution in [0, 0.1) is 21.7 Å². The van der Waals surface area contributed by atoms with Gasteiger partial charge in [-0.1, -0.05) is 115 Å². The van der Waals surface area contributed by atoms with Crippen LogP contribution in [0.5, 0.6) is 34.8 Å². The Morgan fingerprint density at radius 1 is 0.354 bits per heavy atom. The Balaban J connectivity index is 0.000000319. The molecule has 0 atom stereocenters. The van der Waals surface area contributed by atoms with Crippen LogP contribution in [0.3, 0.4) is 0 Å². The summed E-state index contributed by atoms with van der Waals surface area (Å²) in [5, 5.41) is 17.9. The number of pyridine rings is 2. The van der Waals surface area contributed by atoms with Crippen molar-refractivity contribution >= 4 is 0 Å². The molecule has 4 aromatic rings. The van der Waals surface area contributed by atoms with Crippen molar-refractivity contribution in [3.63, 3.8) is 0 Å². The molecular weight excluding hydrogens is 1580 g/mol. The molecule has 4 aliphatic carbocycles. The molecule has 127 heavy (non-hydrogen) atoms. The lowest BCUT2D eigenvalue weighted by Crippen LogP contribution is -2.53. The number of hydrogen-bond donors (Lipinski definition) is 5. The molecule has 6 fully saturated rings. The molecule has 4 saturated carbocycles. The number of aromatic nitrogens is 2. The topological polar surface area (TPSA) is 173 Å². The van der Waals surface area contributed by atoms with Crippen LogP contribution in [0.25, 0.3) is 0 Å². The number of aryl methyl sites for hydroxylation is 1. The molecule has 19 nitrogen and oxygen atoms in total. The number of benzene rings is 2. The zero-order chi connectivity index (χ0) is 95.9. The van der Waals surface area contributed by atoms with Crippen LogP contribution in [0.2, 0.25) is 0 Å². The average Bonchev–Trinajstić information content (AvgIpc) is 0.847. The zero-order valence-corrected chi connectivity index (χ0v) is 88.9. The highest BCUT2D eigenvalue weighted by Gasteiger charge is 2.38. The molecule has 2 aliphatic heterocycles. The average molecular weight is 1780 g/mol. The standard InChI is InChI=1S/C19H32N2O.C19H31NO2.C19H31NO.C18H30N2O2.C17H37N3O.C14H30N2O.C2H6/c1-18(2,3)9-7-14-8-10-20-17(11-14)22-16-12-15(13-16)21-19(4,5)6;1-18(2,3)13-21-15-8-7-9-16(12-15)22-17-10-14(11-17)20-19(4,5)6;1-18(2,3)13-14-8-7-9-16(10-14)21-17-11-15(12-17)20-19(4,5)6;1-17(2,3)12-21-14-7-8-19-16(11-14)22-15-9-13(10-15)20-18(4,5)6;1-16(2,3)18-8-7-14-21-15-13-19-9-11-20(12-10-19)17(4,5)6;1-13(2,3)16-9-7-15(8-10-16)11-12-17-14(4,5)6;1-2/h8,10-11,15-16,21H,7,9,12-13H2,1-6H3;7-9,12,14,17,20H,10-11,13H2,1-6H3;7-10,15,17,20H,11-13H2,1-6H3;7-8,11,13,15,20H,9-10,12H2,1-6H3;18H,7-15H2,1-6H3;7-12H2,1-6H3;1-2H3.